The lowest BCUT2D eigenvalue weighted by atomic mass is 9.99. The van der Waals surface area contributed by atoms with Crippen molar-refractivity contribution >= 4 is 23.3 Å². The van der Waals surface area contributed by atoms with Gasteiger partial charge in [-0.15, -0.1) is 0 Å². The van der Waals surface area contributed by atoms with Gasteiger partial charge in [-0.3, -0.25) is 4.98 Å². The maximum absolute atomic E-state index is 10.5. The first-order valence-corrected chi connectivity index (χ1v) is 9.86. The van der Waals surface area contributed by atoms with Gasteiger partial charge in [-0.25, -0.2) is 4.79 Å². The maximum atomic E-state index is 10.5. The van der Waals surface area contributed by atoms with Gasteiger partial charge in [-0.05, 0) is 54.3 Å². The summed E-state index contributed by atoms with van der Waals surface area (Å²) in [6, 6.07) is 13.4. The van der Waals surface area contributed by atoms with Gasteiger partial charge in [0.25, 0.3) is 0 Å². The molecule has 0 aliphatic carbocycles. The Morgan fingerprint density at radius 2 is 2.07 bits per heavy atom. The highest BCUT2D eigenvalue weighted by atomic mass is 35.5. The van der Waals surface area contributed by atoms with Crippen LogP contribution >= 0.6 is 11.6 Å². The van der Waals surface area contributed by atoms with Crippen molar-refractivity contribution in [3.8, 4) is 22.6 Å². The smallest absolute Gasteiger partial charge is 0.337 e. The average Bonchev–Trinajstić information content (AvgIpc) is 2.79. The van der Waals surface area contributed by atoms with Crippen molar-refractivity contribution in [3.05, 3.63) is 71.0 Å². The number of pyridine rings is 1. The van der Waals surface area contributed by atoms with Crippen LogP contribution in [-0.2, 0) is 6.42 Å². The highest BCUT2D eigenvalue weighted by molar-refractivity contribution is 6.33. The molecule has 2 heterocycles. The SMILES string of the molecule is CNc1cnccc1C(=O)O.COc1ccc(Cl)c(-c2ccc3c(c2)OCCC3)c1. The number of nitrogens with one attached hydrogen (secondary N) is 1. The monoisotopic (exact) mass is 426 g/mol. The van der Waals surface area contributed by atoms with Crippen LogP contribution < -0.4 is 14.8 Å². The highest BCUT2D eigenvalue weighted by Gasteiger charge is 2.13. The molecule has 2 aromatic carbocycles. The van der Waals surface area contributed by atoms with E-state index < -0.39 is 5.97 Å². The number of aromatic carboxylic acids is 1. The van der Waals surface area contributed by atoms with E-state index in [1.807, 2.05) is 18.2 Å². The number of benzene rings is 2. The van der Waals surface area contributed by atoms with Gasteiger partial charge in [0.1, 0.15) is 11.5 Å². The van der Waals surface area contributed by atoms with Crippen molar-refractivity contribution in [2.75, 3.05) is 26.1 Å². The van der Waals surface area contributed by atoms with Crippen molar-refractivity contribution in [2.24, 2.45) is 0 Å². The number of nitrogens with zero attached hydrogens (tertiary/aromatic N) is 1. The van der Waals surface area contributed by atoms with Gasteiger partial charge in [0.2, 0.25) is 0 Å². The first kappa shape index (κ1) is 21.5. The lowest BCUT2D eigenvalue weighted by molar-refractivity contribution is 0.0698. The van der Waals surface area contributed by atoms with Crippen LogP contribution in [0, 0.1) is 0 Å². The molecule has 0 bridgehead atoms. The van der Waals surface area contributed by atoms with Crippen molar-refractivity contribution < 1.29 is 19.4 Å². The van der Waals surface area contributed by atoms with E-state index in [1.54, 1.807) is 14.2 Å². The van der Waals surface area contributed by atoms with E-state index in [4.69, 9.17) is 26.2 Å². The Hall–Kier alpha value is -3.25. The predicted octanol–water partition coefficient (Wildman–Crippen LogP) is 5.16. The molecule has 1 aliphatic heterocycles. The standard InChI is InChI=1S/C16H15ClO2.C7H8N2O2/c1-18-13-6-7-15(17)14(10-13)12-5-4-11-3-2-8-19-16(11)9-12;1-8-6-4-9-3-2-5(6)7(10)11/h4-7,9-10H,2-3,8H2,1H3;2-4,8H,1H3,(H,10,11). The summed E-state index contributed by atoms with van der Waals surface area (Å²) in [5.74, 6) is 0.831. The quantitative estimate of drug-likeness (QED) is 0.599. The summed E-state index contributed by atoms with van der Waals surface area (Å²) < 4.78 is 11.0. The Labute approximate surface area is 180 Å². The number of ether oxygens (including phenoxy) is 2. The summed E-state index contributed by atoms with van der Waals surface area (Å²) in [5, 5.41) is 12.1. The summed E-state index contributed by atoms with van der Waals surface area (Å²) >= 11 is 6.27. The summed E-state index contributed by atoms with van der Waals surface area (Å²) in [7, 11) is 3.31. The molecule has 4 rings (SSSR count). The van der Waals surface area contributed by atoms with Crippen LogP contribution in [-0.4, -0.2) is 36.8 Å². The minimum Gasteiger partial charge on any atom is -0.497 e. The van der Waals surface area contributed by atoms with Gasteiger partial charge < -0.3 is 19.9 Å². The molecule has 0 fully saturated rings. The van der Waals surface area contributed by atoms with E-state index >= 15 is 0 Å². The molecular weight excluding hydrogens is 404 g/mol. The molecule has 7 heteroatoms. The second kappa shape index (κ2) is 9.98. The number of aryl methyl sites for hydroxylation is 1. The van der Waals surface area contributed by atoms with Gasteiger partial charge >= 0.3 is 5.97 Å². The molecule has 0 amide bonds. The average molecular weight is 427 g/mol. The minimum absolute atomic E-state index is 0.238. The van der Waals surface area contributed by atoms with E-state index in [1.165, 1.54) is 24.0 Å². The Kier molecular flexibility index (Phi) is 7.14. The molecular formula is C23H23ClN2O4. The van der Waals surface area contributed by atoms with E-state index in [0.29, 0.717) is 5.69 Å². The van der Waals surface area contributed by atoms with E-state index in [2.05, 4.69) is 28.5 Å². The van der Waals surface area contributed by atoms with Crippen LogP contribution in [0.5, 0.6) is 11.5 Å². The van der Waals surface area contributed by atoms with Gasteiger partial charge in [0.15, 0.2) is 0 Å². The van der Waals surface area contributed by atoms with Gasteiger partial charge in [-0.1, -0.05) is 23.7 Å². The van der Waals surface area contributed by atoms with Crippen LogP contribution in [0.4, 0.5) is 5.69 Å². The first-order valence-electron chi connectivity index (χ1n) is 9.48. The zero-order valence-electron chi connectivity index (χ0n) is 16.8. The molecule has 0 radical (unpaired) electrons. The fourth-order valence-corrected chi connectivity index (χ4v) is 3.37. The van der Waals surface area contributed by atoms with E-state index in [-0.39, 0.29) is 5.56 Å². The summed E-state index contributed by atoms with van der Waals surface area (Å²) in [4.78, 5) is 14.3. The molecule has 156 valence electrons. The van der Waals surface area contributed by atoms with Crippen LogP contribution in [0.1, 0.15) is 22.3 Å². The summed E-state index contributed by atoms with van der Waals surface area (Å²) in [5.41, 5.74) is 4.07. The van der Waals surface area contributed by atoms with E-state index in [0.717, 1.165) is 47.1 Å². The van der Waals surface area contributed by atoms with Gasteiger partial charge in [-0.2, -0.15) is 0 Å². The number of anilines is 1. The number of carboxylic acids is 1. The lowest BCUT2D eigenvalue weighted by Crippen LogP contribution is -2.08. The molecule has 30 heavy (non-hydrogen) atoms. The first-order chi connectivity index (χ1) is 14.5. The van der Waals surface area contributed by atoms with Crippen molar-refractivity contribution in [2.45, 2.75) is 12.8 Å². The fraction of sp³-hybridized carbons (Fsp3) is 0.217. The lowest BCUT2D eigenvalue weighted by Gasteiger charge is -2.18. The van der Waals surface area contributed by atoms with Crippen LogP contribution in [0.3, 0.4) is 0 Å². The fourth-order valence-electron chi connectivity index (χ4n) is 3.14. The molecule has 6 nitrogen and oxygen atoms in total. The molecule has 0 atom stereocenters. The molecule has 0 saturated heterocycles. The molecule has 0 saturated carbocycles. The number of hydrogen-bond donors (Lipinski definition) is 2. The third-order valence-corrected chi connectivity index (χ3v) is 5.05. The Balaban J connectivity index is 0.000000199. The van der Waals surface area contributed by atoms with Crippen molar-refractivity contribution in [1.29, 1.82) is 0 Å². The topological polar surface area (TPSA) is 80.7 Å². The number of fused-ring (bicyclic) bond motifs is 1. The number of carbonyl (C=O) groups is 1. The van der Waals surface area contributed by atoms with Crippen molar-refractivity contribution in [1.82, 2.24) is 4.98 Å². The summed E-state index contributed by atoms with van der Waals surface area (Å²) in [6.07, 6.45) is 5.10. The third kappa shape index (κ3) is 5.02. The Morgan fingerprint density at radius 3 is 2.77 bits per heavy atom. The van der Waals surface area contributed by atoms with Gasteiger partial charge in [0.05, 0.1) is 31.2 Å². The number of rotatable bonds is 4. The zero-order valence-corrected chi connectivity index (χ0v) is 17.6. The zero-order chi connectivity index (χ0) is 21.5. The van der Waals surface area contributed by atoms with Gasteiger partial charge in [0, 0.05) is 23.8 Å². The normalized spacial score (nSPS) is 12.0. The van der Waals surface area contributed by atoms with E-state index in [9.17, 15) is 4.79 Å². The largest absolute Gasteiger partial charge is 0.497 e. The van der Waals surface area contributed by atoms with Crippen LogP contribution in [0.15, 0.2) is 54.9 Å². The second-order valence-electron chi connectivity index (χ2n) is 6.60. The minimum atomic E-state index is -0.947. The number of hydrogen-bond acceptors (Lipinski definition) is 5. The molecule has 0 unspecified atom stereocenters. The molecule has 1 aromatic heterocycles. The highest BCUT2D eigenvalue weighted by Crippen LogP contribution is 2.35. The second-order valence-corrected chi connectivity index (χ2v) is 7.00. The number of carboxylic acid groups (broad SMARTS) is 1. The summed E-state index contributed by atoms with van der Waals surface area (Å²) in [6.45, 7) is 0.794. The number of aromatic nitrogens is 1. The number of methoxy groups -OCH3 is 1. The molecule has 3 aromatic rings. The van der Waals surface area contributed by atoms with Crippen molar-refractivity contribution in [3.63, 3.8) is 0 Å². The molecule has 0 spiro atoms. The Bertz CT molecular complexity index is 1040. The predicted molar refractivity (Wildman–Crippen MR) is 118 cm³/mol. The third-order valence-electron chi connectivity index (χ3n) is 4.72. The van der Waals surface area contributed by atoms with Crippen LogP contribution in [0.2, 0.25) is 5.02 Å². The molecule has 2 N–H and O–H groups in total. The number of halogens is 1. The Morgan fingerprint density at radius 1 is 1.23 bits per heavy atom. The maximum Gasteiger partial charge on any atom is 0.337 e. The molecule has 1 aliphatic rings. The van der Waals surface area contributed by atoms with Crippen LogP contribution in [0.25, 0.3) is 11.1 Å².